The number of anilines is 1. The van der Waals surface area contributed by atoms with Crippen LogP contribution in [0.3, 0.4) is 0 Å². The smallest absolute Gasteiger partial charge is 0.229 e. The second kappa shape index (κ2) is 5.35. The molecule has 1 aliphatic rings. The van der Waals surface area contributed by atoms with Crippen molar-refractivity contribution in [2.45, 2.75) is 32.2 Å². The molecular formula is C13H17IN2O. The predicted octanol–water partition coefficient (Wildman–Crippen LogP) is 2.67. The zero-order chi connectivity index (χ0) is 12.4. The molecule has 3 N–H and O–H groups in total. The van der Waals surface area contributed by atoms with Crippen LogP contribution in [0.4, 0.5) is 5.69 Å². The van der Waals surface area contributed by atoms with Crippen molar-refractivity contribution < 1.29 is 4.79 Å². The molecule has 2 rings (SSSR count). The Labute approximate surface area is 115 Å². The number of halogens is 1. The molecule has 4 heteroatoms. The van der Waals surface area contributed by atoms with Gasteiger partial charge in [0.05, 0.1) is 5.92 Å². The Hall–Kier alpha value is -0.620. The standard InChI is InChI=1S/C13H17IN2O/c1-8-7-9(14)5-6-12(8)16-13(17)10-3-2-4-11(10)15/h5-7,10-11H,2-4,15H2,1H3,(H,16,17). The molecule has 0 saturated heterocycles. The highest BCUT2D eigenvalue weighted by atomic mass is 127. The number of hydrogen-bond donors (Lipinski definition) is 2. The van der Waals surface area contributed by atoms with Gasteiger partial charge in [-0.25, -0.2) is 0 Å². The summed E-state index contributed by atoms with van der Waals surface area (Å²) >= 11 is 2.26. The third-order valence-corrected chi connectivity index (χ3v) is 4.02. The number of carbonyl (C=O) groups excluding carboxylic acids is 1. The number of aryl methyl sites for hydroxylation is 1. The quantitative estimate of drug-likeness (QED) is 0.811. The number of carbonyl (C=O) groups is 1. The average molecular weight is 344 g/mol. The first-order chi connectivity index (χ1) is 8.08. The van der Waals surface area contributed by atoms with E-state index in [-0.39, 0.29) is 17.9 Å². The number of nitrogens with one attached hydrogen (secondary N) is 1. The molecule has 1 aromatic rings. The van der Waals surface area contributed by atoms with Crippen LogP contribution in [-0.4, -0.2) is 11.9 Å². The average Bonchev–Trinajstić information content (AvgIpc) is 2.68. The molecule has 0 spiro atoms. The lowest BCUT2D eigenvalue weighted by molar-refractivity contribution is -0.120. The van der Waals surface area contributed by atoms with E-state index < -0.39 is 0 Å². The number of rotatable bonds is 2. The molecule has 2 atom stereocenters. The fourth-order valence-corrected chi connectivity index (χ4v) is 2.95. The zero-order valence-electron chi connectivity index (χ0n) is 9.87. The number of hydrogen-bond acceptors (Lipinski definition) is 2. The van der Waals surface area contributed by atoms with Crippen molar-refractivity contribution in [2.75, 3.05) is 5.32 Å². The molecule has 0 aliphatic heterocycles. The Bertz CT molecular complexity index is 433. The molecular weight excluding hydrogens is 327 g/mol. The van der Waals surface area contributed by atoms with Gasteiger partial charge in [-0.2, -0.15) is 0 Å². The van der Waals surface area contributed by atoms with Crippen LogP contribution in [0, 0.1) is 16.4 Å². The zero-order valence-corrected chi connectivity index (χ0v) is 12.0. The van der Waals surface area contributed by atoms with Gasteiger partial charge in [0.1, 0.15) is 0 Å². The van der Waals surface area contributed by atoms with E-state index in [1.54, 1.807) is 0 Å². The van der Waals surface area contributed by atoms with Gasteiger partial charge >= 0.3 is 0 Å². The van der Waals surface area contributed by atoms with E-state index in [2.05, 4.69) is 34.0 Å². The van der Waals surface area contributed by atoms with Gasteiger partial charge in [0, 0.05) is 15.3 Å². The molecule has 92 valence electrons. The van der Waals surface area contributed by atoms with Crippen molar-refractivity contribution in [3.05, 3.63) is 27.3 Å². The van der Waals surface area contributed by atoms with Crippen LogP contribution < -0.4 is 11.1 Å². The normalized spacial score (nSPS) is 23.7. The fourth-order valence-electron chi connectivity index (χ4n) is 2.31. The Kier molecular flexibility index (Phi) is 4.04. The van der Waals surface area contributed by atoms with E-state index in [4.69, 9.17) is 5.73 Å². The first-order valence-electron chi connectivity index (χ1n) is 5.90. The van der Waals surface area contributed by atoms with Crippen molar-refractivity contribution in [3.63, 3.8) is 0 Å². The number of amides is 1. The first kappa shape index (κ1) is 12.8. The Morgan fingerprint density at radius 1 is 1.47 bits per heavy atom. The minimum atomic E-state index is -0.0197. The van der Waals surface area contributed by atoms with Crippen LogP contribution in [0.2, 0.25) is 0 Å². The van der Waals surface area contributed by atoms with Crippen LogP contribution in [-0.2, 0) is 4.79 Å². The minimum absolute atomic E-state index is 0.0197. The third-order valence-electron chi connectivity index (χ3n) is 3.35. The lowest BCUT2D eigenvalue weighted by Gasteiger charge is -2.16. The van der Waals surface area contributed by atoms with Crippen LogP contribution in [0.1, 0.15) is 24.8 Å². The molecule has 0 bridgehead atoms. The number of nitrogens with two attached hydrogens (primary N) is 1. The summed E-state index contributed by atoms with van der Waals surface area (Å²) in [6, 6.07) is 6.04. The molecule has 3 nitrogen and oxygen atoms in total. The summed E-state index contributed by atoms with van der Waals surface area (Å²) in [5.41, 5.74) is 7.93. The fraction of sp³-hybridized carbons (Fsp3) is 0.462. The van der Waals surface area contributed by atoms with Gasteiger partial charge in [0.15, 0.2) is 0 Å². The van der Waals surface area contributed by atoms with Crippen molar-refractivity contribution in [1.29, 1.82) is 0 Å². The molecule has 1 saturated carbocycles. The molecule has 1 amide bonds. The van der Waals surface area contributed by atoms with Gasteiger partial charge in [-0.05, 0) is 66.1 Å². The van der Waals surface area contributed by atoms with Crippen LogP contribution in [0.25, 0.3) is 0 Å². The van der Waals surface area contributed by atoms with Gasteiger partial charge in [-0.1, -0.05) is 6.42 Å². The van der Waals surface area contributed by atoms with Crippen LogP contribution >= 0.6 is 22.6 Å². The lowest BCUT2D eigenvalue weighted by atomic mass is 10.0. The summed E-state index contributed by atoms with van der Waals surface area (Å²) in [5, 5.41) is 2.99. The number of benzene rings is 1. The monoisotopic (exact) mass is 344 g/mol. The van der Waals surface area contributed by atoms with Gasteiger partial charge in [-0.15, -0.1) is 0 Å². The van der Waals surface area contributed by atoms with Crippen molar-refractivity contribution in [3.8, 4) is 0 Å². The minimum Gasteiger partial charge on any atom is -0.327 e. The van der Waals surface area contributed by atoms with Crippen molar-refractivity contribution in [1.82, 2.24) is 0 Å². The predicted molar refractivity (Wildman–Crippen MR) is 77.8 cm³/mol. The molecule has 0 aromatic heterocycles. The highest BCUT2D eigenvalue weighted by molar-refractivity contribution is 14.1. The molecule has 0 heterocycles. The lowest BCUT2D eigenvalue weighted by Crippen LogP contribution is -2.34. The Morgan fingerprint density at radius 3 is 2.82 bits per heavy atom. The topological polar surface area (TPSA) is 55.1 Å². The van der Waals surface area contributed by atoms with Gasteiger partial charge in [0.25, 0.3) is 0 Å². The maximum Gasteiger partial charge on any atom is 0.229 e. The van der Waals surface area contributed by atoms with E-state index in [1.807, 2.05) is 19.1 Å². The van der Waals surface area contributed by atoms with Gasteiger partial charge < -0.3 is 11.1 Å². The van der Waals surface area contributed by atoms with E-state index >= 15 is 0 Å². The Balaban J connectivity index is 2.07. The van der Waals surface area contributed by atoms with Gasteiger partial charge in [0.2, 0.25) is 5.91 Å². The second-order valence-corrected chi connectivity index (χ2v) is 5.90. The largest absolute Gasteiger partial charge is 0.327 e. The van der Waals surface area contributed by atoms with Gasteiger partial charge in [-0.3, -0.25) is 4.79 Å². The summed E-state index contributed by atoms with van der Waals surface area (Å²) in [5.74, 6) is 0.0491. The highest BCUT2D eigenvalue weighted by Crippen LogP contribution is 2.26. The highest BCUT2D eigenvalue weighted by Gasteiger charge is 2.30. The van der Waals surface area contributed by atoms with Crippen molar-refractivity contribution in [2.24, 2.45) is 11.7 Å². The summed E-state index contributed by atoms with van der Waals surface area (Å²) in [7, 11) is 0. The van der Waals surface area contributed by atoms with Crippen LogP contribution in [0.15, 0.2) is 18.2 Å². The molecule has 1 aliphatic carbocycles. The molecule has 17 heavy (non-hydrogen) atoms. The molecule has 1 aromatic carbocycles. The summed E-state index contributed by atoms with van der Waals surface area (Å²) in [6.07, 6.45) is 2.94. The van der Waals surface area contributed by atoms with E-state index in [9.17, 15) is 4.79 Å². The van der Waals surface area contributed by atoms with E-state index in [0.29, 0.717) is 0 Å². The summed E-state index contributed by atoms with van der Waals surface area (Å²) in [4.78, 5) is 12.1. The SMILES string of the molecule is Cc1cc(I)ccc1NC(=O)C1CCCC1N. The van der Waals surface area contributed by atoms with E-state index in [1.165, 1.54) is 3.57 Å². The Morgan fingerprint density at radius 2 is 2.24 bits per heavy atom. The van der Waals surface area contributed by atoms with Crippen molar-refractivity contribution >= 4 is 34.2 Å². The first-order valence-corrected chi connectivity index (χ1v) is 6.98. The van der Waals surface area contributed by atoms with Crippen LogP contribution in [0.5, 0.6) is 0 Å². The van der Waals surface area contributed by atoms with E-state index in [0.717, 1.165) is 30.5 Å². The summed E-state index contributed by atoms with van der Waals surface area (Å²) in [6.45, 7) is 2.01. The maximum atomic E-state index is 12.1. The third kappa shape index (κ3) is 2.98. The summed E-state index contributed by atoms with van der Waals surface area (Å²) < 4.78 is 1.18. The molecule has 2 unspecified atom stereocenters. The maximum absolute atomic E-state index is 12.1. The second-order valence-electron chi connectivity index (χ2n) is 4.65. The molecule has 0 radical (unpaired) electrons. The molecule has 1 fully saturated rings.